The highest BCUT2D eigenvalue weighted by Gasteiger charge is 2.60. The van der Waals surface area contributed by atoms with E-state index in [1.807, 2.05) is 19.9 Å². The second-order valence-corrected chi connectivity index (χ2v) is 7.30. The molecule has 4 rings (SSSR count). The molecule has 6 nitrogen and oxygen atoms in total. The lowest BCUT2D eigenvalue weighted by atomic mass is 9.93. The minimum atomic E-state index is -0.601. The Balaban J connectivity index is 1.57. The largest absolute Gasteiger partial charge is 0.489 e. The van der Waals surface area contributed by atoms with Crippen molar-refractivity contribution in [2.24, 2.45) is 5.92 Å². The fourth-order valence-electron chi connectivity index (χ4n) is 3.59. The van der Waals surface area contributed by atoms with Crippen LogP contribution in [-0.4, -0.2) is 27.5 Å². The van der Waals surface area contributed by atoms with E-state index >= 15 is 0 Å². The number of aromatic nitrogens is 3. The van der Waals surface area contributed by atoms with E-state index < -0.39 is 5.41 Å². The number of hydrogen-bond acceptors (Lipinski definition) is 5. The Hall–Kier alpha value is -3.35. The van der Waals surface area contributed by atoms with Crippen molar-refractivity contribution in [2.45, 2.75) is 25.7 Å². The first-order valence-electron chi connectivity index (χ1n) is 9.38. The van der Waals surface area contributed by atoms with Crippen LogP contribution in [0.5, 0.6) is 5.75 Å². The molecule has 0 saturated heterocycles. The maximum Gasteiger partial charge on any atom is 0.228 e. The Kier molecular flexibility index (Phi) is 4.96. The number of nitrogens with one attached hydrogen (secondary N) is 1. The topological polar surface area (TPSA) is 77.0 Å². The van der Waals surface area contributed by atoms with Crippen LogP contribution in [0.2, 0.25) is 0 Å². The Morgan fingerprint density at radius 2 is 2.07 bits per heavy atom. The van der Waals surface area contributed by atoms with Crippen LogP contribution >= 0.6 is 0 Å². The molecule has 0 unspecified atom stereocenters. The van der Waals surface area contributed by atoms with Crippen molar-refractivity contribution in [1.82, 2.24) is 15.0 Å². The van der Waals surface area contributed by atoms with Crippen LogP contribution in [0.1, 0.15) is 23.5 Å². The number of aryl methyl sites for hydroxylation is 2. The van der Waals surface area contributed by atoms with Gasteiger partial charge in [0.2, 0.25) is 5.91 Å². The fourth-order valence-corrected chi connectivity index (χ4v) is 3.59. The van der Waals surface area contributed by atoms with Crippen LogP contribution < -0.4 is 10.1 Å². The predicted molar refractivity (Wildman–Crippen MR) is 106 cm³/mol. The Bertz CT molecular complexity index is 1040. The van der Waals surface area contributed by atoms with Crippen LogP contribution in [0.3, 0.4) is 0 Å². The average Bonchev–Trinajstić information content (AvgIpc) is 3.44. The van der Waals surface area contributed by atoms with Gasteiger partial charge in [-0.15, -0.1) is 0 Å². The van der Waals surface area contributed by atoms with Gasteiger partial charge in [0.25, 0.3) is 0 Å². The molecule has 2 aromatic heterocycles. The normalized spacial score (nSPS) is 20.2. The van der Waals surface area contributed by atoms with Gasteiger partial charge in [-0.3, -0.25) is 9.78 Å². The first-order chi connectivity index (χ1) is 14.0. The molecule has 1 N–H and O–H groups in total. The standard InChI is InChI=1S/C22H21FN4O2/c1-14-20(12-25-15(2)26-14)29-13-22(16-4-3-5-17(23)10-16)11-19(22)21(28)27-18-6-8-24-9-7-18/h3-10,12,19H,11,13H2,1-2H3,(H,24,27,28)/t19-,22+/m0/s1. The molecule has 148 valence electrons. The van der Waals surface area contributed by atoms with Crippen molar-refractivity contribution in [3.05, 3.63) is 77.9 Å². The minimum Gasteiger partial charge on any atom is -0.489 e. The number of pyridine rings is 1. The van der Waals surface area contributed by atoms with Gasteiger partial charge in [0.15, 0.2) is 5.75 Å². The van der Waals surface area contributed by atoms with Crippen molar-refractivity contribution >= 4 is 11.6 Å². The number of carbonyl (C=O) groups excluding carboxylic acids is 1. The van der Waals surface area contributed by atoms with E-state index in [0.717, 1.165) is 11.3 Å². The van der Waals surface area contributed by atoms with Gasteiger partial charge in [-0.05, 0) is 50.1 Å². The summed E-state index contributed by atoms with van der Waals surface area (Å²) in [6.45, 7) is 3.89. The Morgan fingerprint density at radius 1 is 1.28 bits per heavy atom. The molecule has 2 atom stereocenters. The second-order valence-electron chi connectivity index (χ2n) is 7.30. The highest BCUT2D eigenvalue weighted by molar-refractivity contribution is 5.96. The zero-order valence-electron chi connectivity index (χ0n) is 16.2. The molecule has 7 heteroatoms. The molecule has 3 aromatic rings. The molecule has 0 bridgehead atoms. The van der Waals surface area contributed by atoms with Crippen molar-refractivity contribution in [3.8, 4) is 5.75 Å². The third-order valence-corrected chi connectivity index (χ3v) is 5.28. The smallest absolute Gasteiger partial charge is 0.228 e. The monoisotopic (exact) mass is 392 g/mol. The maximum absolute atomic E-state index is 13.9. The van der Waals surface area contributed by atoms with Crippen LogP contribution in [0.4, 0.5) is 10.1 Å². The maximum atomic E-state index is 13.9. The summed E-state index contributed by atoms with van der Waals surface area (Å²) in [7, 11) is 0. The lowest BCUT2D eigenvalue weighted by Gasteiger charge is -2.20. The molecule has 1 saturated carbocycles. The van der Waals surface area contributed by atoms with Crippen LogP contribution in [0.25, 0.3) is 0 Å². The van der Waals surface area contributed by atoms with Gasteiger partial charge in [-0.1, -0.05) is 12.1 Å². The number of anilines is 1. The zero-order valence-corrected chi connectivity index (χ0v) is 16.2. The Morgan fingerprint density at radius 3 is 2.79 bits per heavy atom. The predicted octanol–water partition coefficient (Wildman–Crippen LogP) is 3.60. The van der Waals surface area contributed by atoms with Gasteiger partial charge in [0, 0.05) is 23.5 Å². The molecule has 29 heavy (non-hydrogen) atoms. The lowest BCUT2D eigenvalue weighted by Crippen LogP contribution is -2.27. The number of halogens is 1. The van der Waals surface area contributed by atoms with Crippen LogP contribution in [-0.2, 0) is 10.2 Å². The van der Waals surface area contributed by atoms with Crippen molar-refractivity contribution in [2.75, 3.05) is 11.9 Å². The van der Waals surface area contributed by atoms with Crippen molar-refractivity contribution in [3.63, 3.8) is 0 Å². The minimum absolute atomic E-state index is 0.124. The Labute approximate surface area is 168 Å². The number of nitrogens with zero attached hydrogens (tertiary/aromatic N) is 3. The van der Waals surface area contributed by atoms with E-state index in [1.165, 1.54) is 12.1 Å². The highest BCUT2D eigenvalue weighted by Crippen LogP contribution is 2.55. The van der Waals surface area contributed by atoms with E-state index in [2.05, 4.69) is 20.3 Å². The summed E-state index contributed by atoms with van der Waals surface area (Å²) < 4.78 is 19.9. The summed E-state index contributed by atoms with van der Waals surface area (Å²) in [5.41, 5.74) is 1.55. The number of benzene rings is 1. The summed E-state index contributed by atoms with van der Waals surface area (Å²) in [5.74, 6) is 0.435. The molecule has 1 aromatic carbocycles. The summed E-state index contributed by atoms with van der Waals surface area (Å²) in [6.07, 6.45) is 5.43. The molecule has 1 amide bonds. The molecule has 2 heterocycles. The number of rotatable bonds is 6. The van der Waals surface area contributed by atoms with Gasteiger partial charge in [-0.25, -0.2) is 14.4 Å². The molecule has 1 aliphatic rings. The zero-order chi connectivity index (χ0) is 20.4. The summed E-state index contributed by atoms with van der Waals surface area (Å²) in [4.78, 5) is 25.3. The molecule has 0 spiro atoms. The number of hydrogen-bond donors (Lipinski definition) is 1. The molecular formula is C22H21FN4O2. The summed E-state index contributed by atoms with van der Waals surface area (Å²) >= 11 is 0. The van der Waals surface area contributed by atoms with Gasteiger partial charge >= 0.3 is 0 Å². The molecule has 1 fully saturated rings. The molecule has 1 aliphatic carbocycles. The fraction of sp³-hybridized carbons (Fsp3) is 0.273. The molecule has 0 aliphatic heterocycles. The van der Waals surface area contributed by atoms with Crippen molar-refractivity contribution in [1.29, 1.82) is 0 Å². The molecular weight excluding hydrogens is 371 g/mol. The van der Waals surface area contributed by atoms with E-state index in [-0.39, 0.29) is 24.2 Å². The third kappa shape index (κ3) is 3.94. The van der Waals surface area contributed by atoms with Gasteiger partial charge < -0.3 is 10.1 Å². The number of carbonyl (C=O) groups is 1. The van der Waals surface area contributed by atoms with Gasteiger partial charge in [-0.2, -0.15) is 0 Å². The lowest BCUT2D eigenvalue weighted by molar-refractivity contribution is -0.117. The first-order valence-corrected chi connectivity index (χ1v) is 9.38. The quantitative estimate of drug-likeness (QED) is 0.694. The summed E-state index contributed by atoms with van der Waals surface area (Å²) in [5, 5.41) is 2.91. The van der Waals surface area contributed by atoms with E-state index in [9.17, 15) is 9.18 Å². The van der Waals surface area contributed by atoms with E-state index in [4.69, 9.17) is 4.74 Å². The first kappa shape index (κ1) is 19.0. The molecule has 0 radical (unpaired) electrons. The third-order valence-electron chi connectivity index (χ3n) is 5.28. The summed E-state index contributed by atoms with van der Waals surface area (Å²) in [6, 6.07) is 9.82. The second kappa shape index (κ2) is 7.58. The van der Waals surface area contributed by atoms with E-state index in [0.29, 0.717) is 23.7 Å². The van der Waals surface area contributed by atoms with Gasteiger partial charge in [0.1, 0.15) is 11.6 Å². The van der Waals surface area contributed by atoms with E-state index in [1.54, 1.807) is 36.8 Å². The van der Waals surface area contributed by atoms with Crippen LogP contribution in [0.15, 0.2) is 55.0 Å². The number of ether oxygens (including phenoxy) is 1. The van der Waals surface area contributed by atoms with Gasteiger partial charge in [0.05, 0.1) is 24.4 Å². The highest BCUT2D eigenvalue weighted by atomic mass is 19.1. The average molecular weight is 392 g/mol. The number of amides is 1. The SMILES string of the molecule is Cc1ncc(OC[C@@]2(c3cccc(F)c3)C[C@H]2C(=O)Nc2ccncc2)c(C)n1. The van der Waals surface area contributed by atoms with Crippen molar-refractivity contribution < 1.29 is 13.9 Å². The van der Waals surface area contributed by atoms with Crippen LogP contribution in [0, 0.1) is 25.6 Å².